The normalized spacial score (nSPS) is 14.0. The van der Waals surface area contributed by atoms with Crippen molar-refractivity contribution in [1.29, 1.82) is 0 Å². The molecule has 2 heterocycles. The van der Waals surface area contributed by atoms with Gasteiger partial charge in [-0.05, 0) is 43.5 Å². The van der Waals surface area contributed by atoms with E-state index < -0.39 is 0 Å². The standard InChI is InChI=1S/C15H15ClN4O/c1-9-6-8-18-13(16)12(9)20(10-4-5-10)15(21)11-3-2-7-19-14(11)17/h2-3,6-8,10H,4-5H2,1H3,(H2,17,19). The molecular formula is C15H15ClN4O. The summed E-state index contributed by atoms with van der Waals surface area (Å²) < 4.78 is 0. The van der Waals surface area contributed by atoms with E-state index in [1.807, 2.05) is 13.0 Å². The zero-order valence-corrected chi connectivity index (χ0v) is 12.3. The minimum absolute atomic E-state index is 0.150. The van der Waals surface area contributed by atoms with Gasteiger partial charge in [0.25, 0.3) is 5.91 Å². The van der Waals surface area contributed by atoms with Crippen LogP contribution in [0.4, 0.5) is 11.5 Å². The molecular weight excluding hydrogens is 288 g/mol. The summed E-state index contributed by atoms with van der Waals surface area (Å²) in [4.78, 5) is 22.7. The second-order valence-electron chi connectivity index (χ2n) is 5.11. The molecule has 1 aliphatic rings. The van der Waals surface area contributed by atoms with E-state index in [1.54, 1.807) is 29.4 Å². The van der Waals surface area contributed by atoms with Gasteiger partial charge in [-0.15, -0.1) is 0 Å². The van der Waals surface area contributed by atoms with Crippen molar-refractivity contribution < 1.29 is 4.79 Å². The average molecular weight is 303 g/mol. The summed E-state index contributed by atoms with van der Waals surface area (Å²) in [5, 5.41) is 0.331. The molecule has 2 N–H and O–H groups in total. The van der Waals surface area contributed by atoms with Gasteiger partial charge in [-0.2, -0.15) is 0 Å². The van der Waals surface area contributed by atoms with Crippen molar-refractivity contribution in [3.63, 3.8) is 0 Å². The van der Waals surface area contributed by atoms with Crippen LogP contribution >= 0.6 is 11.6 Å². The predicted molar refractivity (Wildman–Crippen MR) is 82.5 cm³/mol. The second kappa shape index (κ2) is 5.33. The predicted octanol–water partition coefficient (Wildman–Crippen LogP) is 2.83. The van der Waals surface area contributed by atoms with Crippen molar-refractivity contribution in [2.75, 3.05) is 10.6 Å². The summed E-state index contributed by atoms with van der Waals surface area (Å²) >= 11 is 6.22. The molecule has 1 amide bonds. The largest absolute Gasteiger partial charge is 0.383 e. The zero-order valence-electron chi connectivity index (χ0n) is 11.6. The highest BCUT2D eigenvalue weighted by atomic mass is 35.5. The highest BCUT2D eigenvalue weighted by molar-refractivity contribution is 6.33. The molecule has 0 spiro atoms. The Balaban J connectivity index is 2.07. The van der Waals surface area contributed by atoms with E-state index in [0.717, 1.165) is 18.4 Å². The van der Waals surface area contributed by atoms with Crippen LogP contribution in [0.1, 0.15) is 28.8 Å². The zero-order chi connectivity index (χ0) is 15.0. The van der Waals surface area contributed by atoms with Gasteiger partial charge in [0.05, 0.1) is 11.3 Å². The van der Waals surface area contributed by atoms with E-state index >= 15 is 0 Å². The molecule has 0 radical (unpaired) electrons. The van der Waals surface area contributed by atoms with Gasteiger partial charge in [0.1, 0.15) is 5.82 Å². The summed E-state index contributed by atoms with van der Waals surface area (Å²) in [5.74, 6) is 0.0481. The van der Waals surface area contributed by atoms with Crippen LogP contribution in [0.5, 0.6) is 0 Å². The molecule has 0 aromatic carbocycles. The molecule has 1 fully saturated rings. The average Bonchev–Trinajstić information content (AvgIpc) is 3.27. The molecule has 3 rings (SSSR count). The van der Waals surface area contributed by atoms with E-state index in [-0.39, 0.29) is 17.8 Å². The lowest BCUT2D eigenvalue weighted by atomic mass is 10.1. The van der Waals surface area contributed by atoms with Crippen LogP contribution in [-0.4, -0.2) is 21.9 Å². The minimum Gasteiger partial charge on any atom is -0.383 e. The maximum absolute atomic E-state index is 12.9. The lowest BCUT2D eigenvalue weighted by molar-refractivity contribution is 0.0985. The van der Waals surface area contributed by atoms with Gasteiger partial charge in [0, 0.05) is 18.4 Å². The first kappa shape index (κ1) is 13.8. The number of carbonyl (C=O) groups is 1. The number of hydrogen-bond acceptors (Lipinski definition) is 4. The molecule has 0 unspecified atom stereocenters. The molecule has 1 saturated carbocycles. The van der Waals surface area contributed by atoms with Gasteiger partial charge in [-0.1, -0.05) is 11.6 Å². The lowest BCUT2D eigenvalue weighted by Gasteiger charge is -2.25. The Morgan fingerprint density at radius 3 is 2.71 bits per heavy atom. The molecule has 2 aromatic heterocycles. The maximum Gasteiger partial charge on any atom is 0.262 e. The number of aryl methyl sites for hydroxylation is 1. The first-order valence-corrected chi connectivity index (χ1v) is 7.12. The van der Waals surface area contributed by atoms with E-state index in [0.29, 0.717) is 16.4 Å². The van der Waals surface area contributed by atoms with Crippen LogP contribution in [0.3, 0.4) is 0 Å². The van der Waals surface area contributed by atoms with Crippen molar-refractivity contribution in [3.8, 4) is 0 Å². The van der Waals surface area contributed by atoms with Crippen molar-refractivity contribution in [2.45, 2.75) is 25.8 Å². The SMILES string of the molecule is Cc1ccnc(Cl)c1N(C(=O)c1cccnc1N)C1CC1. The molecule has 21 heavy (non-hydrogen) atoms. The second-order valence-corrected chi connectivity index (χ2v) is 5.47. The summed E-state index contributed by atoms with van der Waals surface area (Å²) in [6.45, 7) is 1.91. The molecule has 0 bridgehead atoms. The monoisotopic (exact) mass is 302 g/mol. The number of nitrogens with two attached hydrogens (primary N) is 1. The van der Waals surface area contributed by atoms with Crippen molar-refractivity contribution in [3.05, 3.63) is 46.9 Å². The number of nitrogens with zero attached hydrogens (tertiary/aromatic N) is 3. The van der Waals surface area contributed by atoms with Gasteiger partial charge in [-0.3, -0.25) is 4.79 Å². The minimum atomic E-state index is -0.180. The number of pyridine rings is 2. The number of amides is 1. The third kappa shape index (κ3) is 2.56. The Bertz CT molecular complexity index is 680. The molecule has 1 aliphatic carbocycles. The van der Waals surface area contributed by atoms with Crippen LogP contribution in [0.25, 0.3) is 0 Å². The molecule has 6 heteroatoms. The highest BCUT2D eigenvalue weighted by Gasteiger charge is 2.37. The van der Waals surface area contributed by atoms with Crippen molar-refractivity contribution in [2.24, 2.45) is 0 Å². The van der Waals surface area contributed by atoms with Gasteiger partial charge in [0.2, 0.25) is 0 Å². The number of halogens is 1. The number of carbonyl (C=O) groups excluding carboxylic acids is 1. The number of nitrogen functional groups attached to an aromatic ring is 1. The number of aromatic nitrogens is 2. The number of rotatable bonds is 3. The highest BCUT2D eigenvalue weighted by Crippen LogP contribution is 2.38. The quantitative estimate of drug-likeness (QED) is 0.885. The van der Waals surface area contributed by atoms with Gasteiger partial charge in [0.15, 0.2) is 5.15 Å². The van der Waals surface area contributed by atoms with E-state index in [2.05, 4.69) is 9.97 Å². The Kier molecular flexibility index (Phi) is 3.51. The van der Waals surface area contributed by atoms with Crippen LogP contribution in [0, 0.1) is 6.92 Å². The Labute approximate surface area is 127 Å². The summed E-state index contributed by atoms with van der Waals surface area (Å²) in [6, 6.07) is 5.38. The fraction of sp³-hybridized carbons (Fsp3) is 0.267. The molecule has 0 atom stereocenters. The van der Waals surface area contributed by atoms with Crippen LogP contribution in [0.2, 0.25) is 5.15 Å². The summed E-state index contributed by atoms with van der Waals surface area (Å²) in [5.41, 5.74) is 7.80. The fourth-order valence-electron chi connectivity index (χ4n) is 2.32. The van der Waals surface area contributed by atoms with Crippen LogP contribution in [0.15, 0.2) is 30.6 Å². The molecule has 0 saturated heterocycles. The maximum atomic E-state index is 12.9. The smallest absolute Gasteiger partial charge is 0.262 e. The van der Waals surface area contributed by atoms with E-state index in [9.17, 15) is 4.79 Å². The van der Waals surface area contributed by atoms with Crippen LogP contribution < -0.4 is 10.6 Å². The first-order chi connectivity index (χ1) is 10.1. The Morgan fingerprint density at radius 2 is 2.10 bits per heavy atom. The third-order valence-corrected chi connectivity index (χ3v) is 3.80. The van der Waals surface area contributed by atoms with Crippen LogP contribution in [-0.2, 0) is 0 Å². The lowest BCUT2D eigenvalue weighted by Crippen LogP contribution is -2.34. The summed E-state index contributed by atoms with van der Waals surface area (Å²) in [7, 11) is 0. The van der Waals surface area contributed by atoms with Gasteiger partial charge in [-0.25, -0.2) is 9.97 Å². The van der Waals surface area contributed by atoms with E-state index in [4.69, 9.17) is 17.3 Å². The Hall–Kier alpha value is -2.14. The van der Waals surface area contributed by atoms with Crippen molar-refractivity contribution in [1.82, 2.24) is 9.97 Å². The molecule has 108 valence electrons. The Morgan fingerprint density at radius 1 is 1.33 bits per heavy atom. The van der Waals surface area contributed by atoms with E-state index in [1.165, 1.54) is 0 Å². The number of hydrogen-bond donors (Lipinski definition) is 1. The van der Waals surface area contributed by atoms with Gasteiger partial charge < -0.3 is 10.6 Å². The molecule has 2 aromatic rings. The first-order valence-electron chi connectivity index (χ1n) is 6.74. The molecule has 5 nitrogen and oxygen atoms in total. The third-order valence-electron chi connectivity index (χ3n) is 3.52. The van der Waals surface area contributed by atoms with Crippen molar-refractivity contribution >= 4 is 29.0 Å². The van der Waals surface area contributed by atoms with Gasteiger partial charge >= 0.3 is 0 Å². The number of anilines is 2. The molecule has 0 aliphatic heterocycles. The topological polar surface area (TPSA) is 72.1 Å². The fourth-order valence-corrected chi connectivity index (χ4v) is 2.61. The summed E-state index contributed by atoms with van der Waals surface area (Å²) in [6.07, 6.45) is 5.11.